The monoisotopic (exact) mass is 239 g/mol. The number of anilines is 1. The van der Waals surface area contributed by atoms with Crippen LogP contribution < -0.4 is 4.90 Å². The van der Waals surface area contributed by atoms with Crippen LogP contribution in [0.5, 0.6) is 0 Å². The van der Waals surface area contributed by atoms with Crippen molar-refractivity contribution in [2.24, 2.45) is 12.5 Å². The molecule has 0 spiro atoms. The van der Waals surface area contributed by atoms with E-state index in [1.165, 1.54) is 4.90 Å². The number of nitrogens with zero attached hydrogens (tertiary/aromatic N) is 3. The smallest absolute Gasteiger partial charge is 0.413 e. The van der Waals surface area contributed by atoms with E-state index in [-0.39, 0.29) is 5.41 Å². The third kappa shape index (κ3) is 3.76. The Kier molecular flexibility index (Phi) is 3.80. The van der Waals surface area contributed by atoms with E-state index in [4.69, 9.17) is 0 Å². The van der Waals surface area contributed by atoms with Crippen LogP contribution in [0.1, 0.15) is 32.8 Å². The summed E-state index contributed by atoms with van der Waals surface area (Å²) in [6.45, 7) is 8.63. The summed E-state index contributed by atoms with van der Waals surface area (Å²) in [6, 6.07) is 0. The largest absolute Gasteiger partial charge is 0.465 e. The molecule has 0 unspecified atom stereocenters. The molecule has 1 rings (SSSR count). The summed E-state index contributed by atoms with van der Waals surface area (Å²) >= 11 is 0. The third-order valence-electron chi connectivity index (χ3n) is 2.56. The molecule has 0 radical (unpaired) electrons. The molecular formula is C12H21N3O2. The van der Waals surface area contributed by atoms with Crippen LogP contribution in [0.3, 0.4) is 0 Å². The molecule has 0 aliphatic rings. The Morgan fingerprint density at radius 2 is 2.12 bits per heavy atom. The summed E-state index contributed by atoms with van der Waals surface area (Å²) in [4.78, 5) is 12.6. The SMILES string of the molecule is Cc1cn(C)nc1N(CCC(C)(C)C)C(=O)O. The van der Waals surface area contributed by atoms with E-state index in [0.29, 0.717) is 12.4 Å². The van der Waals surface area contributed by atoms with Gasteiger partial charge in [-0.05, 0) is 18.8 Å². The highest BCUT2D eigenvalue weighted by Gasteiger charge is 2.22. The number of hydrogen-bond acceptors (Lipinski definition) is 2. The average molecular weight is 239 g/mol. The van der Waals surface area contributed by atoms with E-state index >= 15 is 0 Å². The Hall–Kier alpha value is -1.52. The fraction of sp³-hybridized carbons (Fsp3) is 0.667. The highest BCUT2D eigenvalue weighted by atomic mass is 16.4. The molecule has 1 N–H and O–H groups in total. The zero-order chi connectivity index (χ0) is 13.2. The maximum atomic E-state index is 11.3. The fourth-order valence-electron chi connectivity index (χ4n) is 1.60. The number of hydrogen-bond donors (Lipinski definition) is 1. The van der Waals surface area contributed by atoms with Crippen LogP contribution in [-0.2, 0) is 7.05 Å². The van der Waals surface area contributed by atoms with Crippen molar-refractivity contribution in [3.8, 4) is 0 Å². The van der Waals surface area contributed by atoms with Gasteiger partial charge in [-0.25, -0.2) is 4.79 Å². The number of amides is 1. The van der Waals surface area contributed by atoms with Gasteiger partial charge in [0.2, 0.25) is 0 Å². The molecule has 5 nitrogen and oxygen atoms in total. The summed E-state index contributed by atoms with van der Waals surface area (Å²) in [5, 5.41) is 13.4. The minimum atomic E-state index is -0.948. The predicted molar refractivity (Wildman–Crippen MR) is 67.4 cm³/mol. The lowest BCUT2D eigenvalue weighted by atomic mass is 9.92. The van der Waals surface area contributed by atoms with Crippen LogP contribution in [0.25, 0.3) is 0 Å². The second-order valence-corrected chi connectivity index (χ2v) is 5.55. The lowest BCUT2D eigenvalue weighted by Gasteiger charge is -2.23. The van der Waals surface area contributed by atoms with Gasteiger partial charge in [0, 0.05) is 25.4 Å². The van der Waals surface area contributed by atoms with Gasteiger partial charge < -0.3 is 5.11 Å². The molecule has 0 saturated carbocycles. The van der Waals surface area contributed by atoms with Crippen LogP contribution in [0.15, 0.2) is 6.20 Å². The van der Waals surface area contributed by atoms with Crippen LogP contribution in [0.4, 0.5) is 10.6 Å². The molecule has 1 heterocycles. The maximum absolute atomic E-state index is 11.3. The number of carbonyl (C=O) groups is 1. The second-order valence-electron chi connectivity index (χ2n) is 5.55. The van der Waals surface area contributed by atoms with E-state index in [2.05, 4.69) is 25.9 Å². The van der Waals surface area contributed by atoms with Crippen LogP contribution in [0, 0.1) is 12.3 Å². The van der Waals surface area contributed by atoms with Gasteiger partial charge in [-0.2, -0.15) is 5.10 Å². The summed E-state index contributed by atoms with van der Waals surface area (Å²) in [6.07, 6.45) is 1.67. The van der Waals surface area contributed by atoms with Gasteiger partial charge in [0.25, 0.3) is 0 Å². The number of rotatable bonds is 3. The lowest BCUT2D eigenvalue weighted by Crippen LogP contribution is -2.33. The molecule has 0 fully saturated rings. The van der Waals surface area contributed by atoms with Gasteiger partial charge in [0.1, 0.15) is 0 Å². The Balaban J connectivity index is 2.87. The first-order valence-corrected chi connectivity index (χ1v) is 5.71. The minimum Gasteiger partial charge on any atom is -0.465 e. The Labute approximate surface area is 102 Å². The molecule has 0 atom stereocenters. The minimum absolute atomic E-state index is 0.108. The zero-order valence-corrected chi connectivity index (χ0v) is 11.2. The molecule has 17 heavy (non-hydrogen) atoms. The van der Waals surface area contributed by atoms with Crippen molar-refractivity contribution < 1.29 is 9.90 Å². The molecule has 1 aromatic heterocycles. The molecular weight excluding hydrogens is 218 g/mol. The predicted octanol–water partition coefficient (Wildman–Crippen LogP) is 2.65. The Morgan fingerprint density at radius 3 is 2.47 bits per heavy atom. The van der Waals surface area contributed by atoms with Crippen molar-refractivity contribution in [2.75, 3.05) is 11.4 Å². The van der Waals surface area contributed by atoms with Crippen molar-refractivity contribution >= 4 is 11.9 Å². The average Bonchev–Trinajstić information content (AvgIpc) is 2.43. The number of aryl methyl sites for hydroxylation is 2. The molecule has 1 aromatic rings. The van der Waals surface area contributed by atoms with Crippen molar-refractivity contribution in [2.45, 2.75) is 34.1 Å². The third-order valence-corrected chi connectivity index (χ3v) is 2.56. The van der Waals surface area contributed by atoms with Gasteiger partial charge in [-0.3, -0.25) is 9.58 Å². The molecule has 0 aromatic carbocycles. The molecule has 0 aliphatic heterocycles. The van der Waals surface area contributed by atoms with Crippen LogP contribution >= 0.6 is 0 Å². The standard InChI is InChI=1S/C12H21N3O2/c1-9-8-14(5)13-10(9)15(11(16)17)7-6-12(2,3)4/h8H,6-7H2,1-5H3,(H,16,17). The van der Waals surface area contributed by atoms with Crippen LogP contribution in [-0.4, -0.2) is 27.5 Å². The quantitative estimate of drug-likeness (QED) is 0.882. The van der Waals surface area contributed by atoms with Gasteiger partial charge >= 0.3 is 6.09 Å². The first kappa shape index (κ1) is 13.5. The van der Waals surface area contributed by atoms with Gasteiger partial charge in [0.15, 0.2) is 5.82 Å². The molecule has 5 heteroatoms. The Morgan fingerprint density at radius 1 is 1.53 bits per heavy atom. The topological polar surface area (TPSA) is 58.4 Å². The van der Waals surface area contributed by atoms with E-state index < -0.39 is 6.09 Å². The summed E-state index contributed by atoms with van der Waals surface area (Å²) in [7, 11) is 1.79. The van der Waals surface area contributed by atoms with Crippen molar-refractivity contribution in [1.29, 1.82) is 0 Å². The van der Waals surface area contributed by atoms with Crippen molar-refractivity contribution in [3.63, 3.8) is 0 Å². The molecule has 0 saturated heterocycles. The van der Waals surface area contributed by atoms with E-state index in [1.807, 2.05) is 13.1 Å². The van der Waals surface area contributed by atoms with E-state index in [0.717, 1.165) is 12.0 Å². The van der Waals surface area contributed by atoms with Crippen LogP contribution in [0.2, 0.25) is 0 Å². The Bertz CT molecular complexity index is 404. The maximum Gasteiger partial charge on any atom is 0.413 e. The zero-order valence-electron chi connectivity index (χ0n) is 11.2. The first-order valence-electron chi connectivity index (χ1n) is 5.71. The number of aromatic nitrogens is 2. The summed E-state index contributed by atoms with van der Waals surface area (Å²) in [5.74, 6) is 0.532. The summed E-state index contributed by atoms with van der Waals surface area (Å²) < 4.78 is 1.64. The fourth-order valence-corrected chi connectivity index (χ4v) is 1.60. The van der Waals surface area contributed by atoms with Crippen molar-refractivity contribution in [3.05, 3.63) is 11.8 Å². The lowest BCUT2D eigenvalue weighted by molar-refractivity contribution is 0.200. The normalized spacial score (nSPS) is 11.6. The number of carboxylic acid groups (broad SMARTS) is 1. The first-order chi connectivity index (χ1) is 7.70. The second kappa shape index (κ2) is 4.77. The summed E-state index contributed by atoms with van der Waals surface area (Å²) in [5.41, 5.74) is 0.986. The highest BCUT2D eigenvalue weighted by molar-refractivity contribution is 5.85. The molecule has 0 aliphatic carbocycles. The van der Waals surface area contributed by atoms with E-state index in [1.54, 1.807) is 11.7 Å². The highest BCUT2D eigenvalue weighted by Crippen LogP contribution is 2.23. The van der Waals surface area contributed by atoms with Gasteiger partial charge in [-0.1, -0.05) is 20.8 Å². The van der Waals surface area contributed by atoms with Gasteiger partial charge in [-0.15, -0.1) is 0 Å². The van der Waals surface area contributed by atoms with E-state index in [9.17, 15) is 9.90 Å². The molecule has 0 bridgehead atoms. The van der Waals surface area contributed by atoms with Crippen molar-refractivity contribution in [1.82, 2.24) is 9.78 Å². The van der Waals surface area contributed by atoms with Gasteiger partial charge in [0.05, 0.1) is 0 Å². The molecule has 96 valence electrons. The molecule has 1 amide bonds.